The van der Waals surface area contributed by atoms with Gasteiger partial charge in [0.15, 0.2) is 0 Å². The quantitative estimate of drug-likeness (QED) is 0.545. The molecule has 5 heteroatoms. The van der Waals surface area contributed by atoms with Crippen molar-refractivity contribution < 1.29 is 4.52 Å². The Bertz CT molecular complexity index is 763. The van der Waals surface area contributed by atoms with Gasteiger partial charge in [-0.1, -0.05) is 48.0 Å². The van der Waals surface area contributed by atoms with Crippen molar-refractivity contribution in [1.29, 1.82) is 0 Å². The highest BCUT2D eigenvalue weighted by Gasteiger charge is 2.10. The van der Waals surface area contributed by atoms with Gasteiger partial charge in [0.2, 0.25) is 0 Å². The van der Waals surface area contributed by atoms with Crippen molar-refractivity contribution in [3.8, 4) is 11.5 Å². The first-order chi connectivity index (χ1) is 10.7. The normalized spacial score (nSPS) is 11.0. The molecule has 0 aliphatic rings. The number of hydrogen-bond donors (Lipinski definition) is 0. The van der Waals surface area contributed by atoms with E-state index in [1.807, 2.05) is 54.6 Å². The van der Waals surface area contributed by atoms with Crippen molar-refractivity contribution >= 4 is 12.2 Å². The van der Waals surface area contributed by atoms with Gasteiger partial charge in [-0.05, 0) is 29.8 Å². The smallest absolute Gasteiger partial charge is 0.286 e. The highest BCUT2D eigenvalue weighted by atomic mass is 16.5. The van der Waals surface area contributed by atoms with Crippen molar-refractivity contribution in [2.75, 3.05) is 12.1 Å². The Balaban J connectivity index is 1.74. The molecule has 1 heterocycles. The molecule has 0 aliphatic carbocycles. The lowest BCUT2D eigenvalue weighted by molar-refractivity contribution is 0.430. The third kappa shape index (κ3) is 3.20. The molecular formula is C17H16N4O. The zero-order valence-electron chi connectivity index (χ0n) is 12.5. The van der Waals surface area contributed by atoms with Crippen LogP contribution < -0.4 is 5.01 Å². The Morgan fingerprint density at radius 2 is 1.77 bits per heavy atom. The molecule has 0 saturated carbocycles. The van der Waals surface area contributed by atoms with E-state index in [0.29, 0.717) is 11.8 Å². The summed E-state index contributed by atoms with van der Waals surface area (Å²) in [7, 11) is 1.78. The maximum absolute atomic E-state index is 5.26. The summed E-state index contributed by atoms with van der Waals surface area (Å²) in [5.41, 5.74) is 3.12. The molecule has 3 aromatic rings. The van der Waals surface area contributed by atoms with Gasteiger partial charge < -0.3 is 4.52 Å². The minimum Gasteiger partial charge on any atom is -0.332 e. The molecule has 0 spiro atoms. The first-order valence-corrected chi connectivity index (χ1v) is 6.96. The van der Waals surface area contributed by atoms with E-state index < -0.39 is 0 Å². The molecule has 3 rings (SSSR count). The molecule has 0 atom stereocenters. The lowest BCUT2D eigenvalue weighted by Crippen LogP contribution is -2.10. The van der Waals surface area contributed by atoms with Gasteiger partial charge in [-0.2, -0.15) is 10.1 Å². The Morgan fingerprint density at radius 1 is 1.05 bits per heavy atom. The first-order valence-electron chi connectivity index (χ1n) is 6.96. The molecule has 0 saturated heterocycles. The highest BCUT2D eigenvalue weighted by Crippen LogP contribution is 2.19. The molecule has 5 nitrogen and oxygen atoms in total. The number of rotatable bonds is 4. The molecule has 0 amide bonds. The maximum atomic E-state index is 5.26. The Kier molecular flexibility index (Phi) is 3.96. The molecule has 0 N–H and O–H groups in total. The van der Waals surface area contributed by atoms with Crippen LogP contribution >= 0.6 is 0 Å². The SMILES string of the molecule is Cc1ccc(/C=N/N(C)c2noc(-c3ccccc3)n2)cc1. The summed E-state index contributed by atoms with van der Waals surface area (Å²) >= 11 is 0. The number of hydrogen-bond acceptors (Lipinski definition) is 5. The molecule has 110 valence electrons. The van der Waals surface area contributed by atoms with Gasteiger partial charge in [0.05, 0.1) is 6.21 Å². The monoisotopic (exact) mass is 292 g/mol. The van der Waals surface area contributed by atoms with E-state index in [0.717, 1.165) is 11.1 Å². The van der Waals surface area contributed by atoms with Crippen LogP contribution in [0.5, 0.6) is 0 Å². The van der Waals surface area contributed by atoms with Crippen LogP contribution in [0, 0.1) is 6.92 Å². The Morgan fingerprint density at radius 3 is 2.50 bits per heavy atom. The number of hydrazone groups is 1. The lowest BCUT2D eigenvalue weighted by atomic mass is 10.2. The number of aromatic nitrogens is 2. The number of benzene rings is 2. The zero-order valence-corrected chi connectivity index (χ0v) is 12.5. The fourth-order valence-electron chi connectivity index (χ4n) is 1.90. The zero-order chi connectivity index (χ0) is 15.4. The van der Waals surface area contributed by atoms with Gasteiger partial charge in [0, 0.05) is 12.6 Å². The second kappa shape index (κ2) is 6.22. The fourth-order valence-corrected chi connectivity index (χ4v) is 1.90. The fraction of sp³-hybridized carbons (Fsp3) is 0.118. The molecular weight excluding hydrogens is 276 g/mol. The van der Waals surface area contributed by atoms with Crippen molar-refractivity contribution in [1.82, 2.24) is 10.1 Å². The minimum absolute atomic E-state index is 0.419. The van der Waals surface area contributed by atoms with Crippen LogP contribution in [0.25, 0.3) is 11.5 Å². The standard InChI is InChI=1S/C17H16N4O/c1-13-8-10-14(11-9-13)12-18-21(2)17-19-16(22-20-17)15-6-4-3-5-7-15/h3-12H,1-2H3/b18-12+. The van der Waals surface area contributed by atoms with Gasteiger partial charge in [-0.25, -0.2) is 5.01 Å². The van der Waals surface area contributed by atoms with E-state index in [1.54, 1.807) is 18.3 Å². The van der Waals surface area contributed by atoms with Crippen molar-refractivity contribution in [2.45, 2.75) is 6.92 Å². The van der Waals surface area contributed by atoms with Crippen LogP contribution in [-0.4, -0.2) is 23.4 Å². The summed E-state index contributed by atoms with van der Waals surface area (Å²) in [6, 6.07) is 17.8. The summed E-state index contributed by atoms with van der Waals surface area (Å²) in [6.45, 7) is 2.05. The summed E-state index contributed by atoms with van der Waals surface area (Å²) in [6.07, 6.45) is 1.76. The first kappa shape index (κ1) is 14.0. The second-order valence-corrected chi connectivity index (χ2v) is 4.94. The summed E-state index contributed by atoms with van der Waals surface area (Å²) < 4.78 is 5.26. The van der Waals surface area contributed by atoms with Gasteiger partial charge in [0.25, 0.3) is 11.8 Å². The maximum Gasteiger partial charge on any atom is 0.286 e. The average Bonchev–Trinajstić information content (AvgIpc) is 3.05. The Hall–Kier alpha value is -2.95. The molecule has 0 fully saturated rings. The van der Waals surface area contributed by atoms with Crippen LogP contribution in [0.1, 0.15) is 11.1 Å². The van der Waals surface area contributed by atoms with E-state index in [4.69, 9.17) is 4.52 Å². The van der Waals surface area contributed by atoms with Crippen LogP contribution in [0.2, 0.25) is 0 Å². The van der Waals surface area contributed by atoms with E-state index in [9.17, 15) is 0 Å². The van der Waals surface area contributed by atoms with Crippen LogP contribution in [-0.2, 0) is 0 Å². The van der Waals surface area contributed by atoms with Crippen LogP contribution in [0.4, 0.5) is 5.95 Å². The van der Waals surface area contributed by atoms with Gasteiger partial charge in [-0.15, -0.1) is 0 Å². The summed E-state index contributed by atoms with van der Waals surface area (Å²) in [5, 5.41) is 9.85. The molecule has 22 heavy (non-hydrogen) atoms. The average molecular weight is 292 g/mol. The third-order valence-corrected chi connectivity index (χ3v) is 3.18. The lowest BCUT2D eigenvalue weighted by Gasteiger charge is -2.05. The van der Waals surface area contributed by atoms with Crippen LogP contribution in [0.15, 0.2) is 64.2 Å². The summed E-state index contributed by atoms with van der Waals surface area (Å²) in [4.78, 5) is 4.34. The highest BCUT2D eigenvalue weighted by molar-refractivity contribution is 5.80. The van der Waals surface area contributed by atoms with Gasteiger partial charge >= 0.3 is 0 Å². The largest absolute Gasteiger partial charge is 0.332 e. The predicted octanol–water partition coefficient (Wildman–Crippen LogP) is 3.52. The summed E-state index contributed by atoms with van der Waals surface area (Å²) in [5.74, 6) is 0.898. The van der Waals surface area contributed by atoms with E-state index in [2.05, 4.69) is 22.2 Å². The Labute approximate surface area is 128 Å². The molecule has 2 aromatic carbocycles. The molecule has 0 aliphatic heterocycles. The molecule has 0 bridgehead atoms. The molecule has 0 radical (unpaired) electrons. The van der Waals surface area contributed by atoms with Gasteiger partial charge in [-0.3, -0.25) is 0 Å². The minimum atomic E-state index is 0.419. The van der Waals surface area contributed by atoms with Gasteiger partial charge in [0.1, 0.15) is 0 Å². The van der Waals surface area contributed by atoms with E-state index >= 15 is 0 Å². The second-order valence-electron chi connectivity index (χ2n) is 4.94. The van der Waals surface area contributed by atoms with E-state index in [-0.39, 0.29) is 0 Å². The molecule has 0 unspecified atom stereocenters. The third-order valence-electron chi connectivity index (χ3n) is 3.18. The number of anilines is 1. The van der Waals surface area contributed by atoms with Crippen LogP contribution in [0.3, 0.4) is 0 Å². The van der Waals surface area contributed by atoms with Crippen molar-refractivity contribution in [3.05, 3.63) is 65.7 Å². The molecule has 1 aromatic heterocycles. The number of nitrogens with zero attached hydrogens (tertiary/aromatic N) is 4. The topological polar surface area (TPSA) is 54.5 Å². The van der Waals surface area contributed by atoms with E-state index in [1.165, 1.54) is 5.56 Å². The van der Waals surface area contributed by atoms with Crippen molar-refractivity contribution in [3.63, 3.8) is 0 Å². The predicted molar refractivity (Wildman–Crippen MR) is 86.9 cm³/mol. The van der Waals surface area contributed by atoms with Crippen molar-refractivity contribution in [2.24, 2.45) is 5.10 Å². The number of aryl methyl sites for hydroxylation is 1.